The Morgan fingerprint density at radius 3 is 2.06 bits per heavy atom. The van der Waals surface area contributed by atoms with Crippen molar-refractivity contribution < 1.29 is 4.74 Å². The molecule has 0 radical (unpaired) electrons. The summed E-state index contributed by atoms with van der Waals surface area (Å²) >= 11 is 0. The van der Waals surface area contributed by atoms with E-state index in [9.17, 15) is 0 Å². The predicted molar refractivity (Wildman–Crippen MR) is 78.0 cm³/mol. The van der Waals surface area contributed by atoms with Crippen molar-refractivity contribution in [3.8, 4) is 0 Å². The summed E-state index contributed by atoms with van der Waals surface area (Å²) in [5, 5.41) is 0. The molecule has 18 heavy (non-hydrogen) atoms. The van der Waals surface area contributed by atoms with Crippen molar-refractivity contribution in [3.63, 3.8) is 0 Å². The summed E-state index contributed by atoms with van der Waals surface area (Å²) in [6, 6.07) is 0.726. The maximum Gasteiger partial charge on any atom is 0.0594 e. The number of hydrogen-bond acceptors (Lipinski definition) is 3. The standard InChI is InChI=1S/C13H26N2O.C2H6/c1-12(2)15-5-3-13(4-6-15)11-14-7-9-16-10-8-14;1-2/h12-13H,3-11H2,1-2H3;1-2H3. The molecular weight excluding hydrogens is 224 g/mol. The van der Waals surface area contributed by atoms with Gasteiger partial charge in [0.25, 0.3) is 0 Å². The van der Waals surface area contributed by atoms with Gasteiger partial charge in [0, 0.05) is 25.7 Å². The van der Waals surface area contributed by atoms with Gasteiger partial charge in [-0.15, -0.1) is 0 Å². The van der Waals surface area contributed by atoms with E-state index in [-0.39, 0.29) is 0 Å². The van der Waals surface area contributed by atoms with E-state index in [0.29, 0.717) is 0 Å². The van der Waals surface area contributed by atoms with Gasteiger partial charge in [-0.05, 0) is 45.7 Å². The van der Waals surface area contributed by atoms with E-state index in [2.05, 4.69) is 23.6 Å². The molecular formula is C15H32N2O. The topological polar surface area (TPSA) is 15.7 Å². The minimum atomic E-state index is 0.726. The molecule has 2 fully saturated rings. The fraction of sp³-hybridized carbons (Fsp3) is 1.00. The first kappa shape index (κ1) is 15.9. The number of nitrogens with zero attached hydrogens (tertiary/aromatic N) is 2. The van der Waals surface area contributed by atoms with E-state index < -0.39 is 0 Å². The second-order valence-corrected chi connectivity index (χ2v) is 5.49. The van der Waals surface area contributed by atoms with Gasteiger partial charge in [-0.3, -0.25) is 4.90 Å². The number of rotatable bonds is 3. The van der Waals surface area contributed by atoms with Crippen LogP contribution in [0.2, 0.25) is 0 Å². The second kappa shape index (κ2) is 8.89. The maximum atomic E-state index is 5.39. The van der Waals surface area contributed by atoms with Crippen LogP contribution in [0.1, 0.15) is 40.5 Å². The first-order valence-corrected chi connectivity index (χ1v) is 7.80. The van der Waals surface area contributed by atoms with Gasteiger partial charge in [0.05, 0.1) is 13.2 Å². The molecule has 0 spiro atoms. The first-order valence-electron chi connectivity index (χ1n) is 7.80. The quantitative estimate of drug-likeness (QED) is 0.771. The van der Waals surface area contributed by atoms with Gasteiger partial charge < -0.3 is 9.64 Å². The molecule has 0 unspecified atom stereocenters. The van der Waals surface area contributed by atoms with Crippen molar-refractivity contribution in [1.29, 1.82) is 0 Å². The van der Waals surface area contributed by atoms with Crippen LogP contribution >= 0.6 is 0 Å². The maximum absolute atomic E-state index is 5.39. The Hall–Kier alpha value is -0.120. The van der Waals surface area contributed by atoms with Crippen LogP contribution in [0.3, 0.4) is 0 Å². The van der Waals surface area contributed by atoms with E-state index in [1.54, 1.807) is 0 Å². The molecule has 108 valence electrons. The van der Waals surface area contributed by atoms with Crippen molar-refractivity contribution >= 4 is 0 Å². The third-order valence-electron chi connectivity index (χ3n) is 4.00. The summed E-state index contributed by atoms with van der Waals surface area (Å²) < 4.78 is 5.39. The summed E-state index contributed by atoms with van der Waals surface area (Å²) in [6.07, 6.45) is 2.77. The normalized spacial score (nSPS) is 23.8. The minimum Gasteiger partial charge on any atom is -0.379 e. The molecule has 3 heteroatoms. The second-order valence-electron chi connectivity index (χ2n) is 5.49. The van der Waals surface area contributed by atoms with Crippen LogP contribution < -0.4 is 0 Å². The van der Waals surface area contributed by atoms with Crippen molar-refractivity contribution in [1.82, 2.24) is 9.80 Å². The predicted octanol–water partition coefficient (Wildman–Crippen LogP) is 2.47. The summed E-state index contributed by atoms with van der Waals surface area (Å²) in [4.78, 5) is 5.19. The van der Waals surface area contributed by atoms with E-state index in [1.807, 2.05) is 13.8 Å². The minimum absolute atomic E-state index is 0.726. The Bertz CT molecular complexity index is 195. The first-order chi connectivity index (χ1) is 8.75. The number of ether oxygens (including phenoxy) is 1. The molecule has 2 aliphatic heterocycles. The summed E-state index contributed by atoms with van der Waals surface area (Å²) in [5.41, 5.74) is 0. The largest absolute Gasteiger partial charge is 0.379 e. The van der Waals surface area contributed by atoms with E-state index >= 15 is 0 Å². The third kappa shape index (κ3) is 5.25. The van der Waals surface area contributed by atoms with Gasteiger partial charge in [-0.25, -0.2) is 0 Å². The number of likely N-dealkylation sites (tertiary alicyclic amines) is 1. The molecule has 2 rings (SSSR count). The molecule has 0 bridgehead atoms. The molecule has 2 aliphatic rings. The highest BCUT2D eigenvalue weighted by molar-refractivity contribution is 4.77. The van der Waals surface area contributed by atoms with Crippen molar-refractivity contribution in [2.45, 2.75) is 46.6 Å². The average Bonchev–Trinajstić information content (AvgIpc) is 2.43. The fourth-order valence-electron chi connectivity index (χ4n) is 2.80. The van der Waals surface area contributed by atoms with Gasteiger partial charge in [0.15, 0.2) is 0 Å². The van der Waals surface area contributed by atoms with E-state index in [4.69, 9.17) is 4.74 Å². The lowest BCUT2D eigenvalue weighted by molar-refractivity contribution is 0.0231. The SMILES string of the molecule is CC.CC(C)N1CCC(CN2CCOCC2)CC1. The Kier molecular flexibility index (Phi) is 7.87. The Balaban J connectivity index is 0.000000771. The molecule has 2 heterocycles. The smallest absolute Gasteiger partial charge is 0.0594 e. The summed E-state index contributed by atoms with van der Waals surface area (Å²) in [6.45, 7) is 16.7. The van der Waals surface area contributed by atoms with Crippen LogP contribution in [0.5, 0.6) is 0 Å². The van der Waals surface area contributed by atoms with Crippen LogP contribution in [-0.4, -0.2) is 61.8 Å². The van der Waals surface area contributed by atoms with Crippen molar-refractivity contribution in [2.24, 2.45) is 5.92 Å². The van der Waals surface area contributed by atoms with Gasteiger partial charge >= 0.3 is 0 Å². The van der Waals surface area contributed by atoms with Crippen LogP contribution in [0.15, 0.2) is 0 Å². The zero-order valence-corrected chi connectivity index (χ0v) is 12.8. The van der Waals surface area contributed by atoms with Crippen LogP contribution in [0.4, 0.5) is 0 Å². The lowest BCUT2D eigenvalue weighted by Crippen LogP contribution is -2.44. The molecule has 0 atom stereocenters. The zero-order chi connectivity index (χ0) is 13.4. The van der Waals surface area contributed by atoms with Gasteiger partial charge in [0.1, 0.15) is 0 Å². The number of morpholine rings is 1. The van der Waals surface area contributed by atoms with Gasteiger partial charge in [-0.1, -0.05) is 13.8 Å². The number of hydrogen-bond donors (Lipinski definition) is 0. The fourth-order valence-corrected chi connectivity index (χ4v) is 2.80. The monoisotopic (exact) mass is 256 g/mol. The van der Waals surface area contributed by atoms with Crippen LogP contribution in [0.25, 0.3) is 0 Å². The molecule has 0 aliphatic carbocycles. The molecule has 2 saturated heterocycles. The Labute approximate surface area is 113 Å². The summed E-state index contributed by atoms with van der Waals surface area (Å²) in [7, 11) is 0. The molecule has 0 amide bonds. The molecule has 0 saturated carbocycles. The molecule has 0 aromatic carbocycles. The highest BCUT2D eigenvalue weighted by atomic mass is 16.5. The van der Waals surface area contributed by atoms with E-state index in [1.165, 1.54) is 32.5 Å². The molecule has 0 N–H and O–H groups in total. The average molecular weight is 256 g/mol. The van der Waals surface area contributed by atoms with Crippen molar-refractivity contribution in [2.75, 3.05) is 45.9 Å². The summed E-state index contributed by atoms with van der Waals surface area (Å²) in [5.74, 6) is 0.924. The van der Waals surface area contributed by atoms with Crippen molar-refractivity contribution in [3.05, 3.63) is 0 Å². The zero-order valence-electron chi connectivity index (χ0n) is 12.8. The Morgan fingerprint density at radius 2 is 1.56 bits per heavy atom. The van der Waals surface area contributed by atoms with Crippen LogP contribution in [0, 0.1) is 5.92 Å². The lowest BCUT2D eigenvalue weighted by Gasteiger charge is -2.37. The van der Waals surface area contributed by atoms with Gasteiger partial charge in [-0.2, -0.15) is 0 Å². The lowest BCUT2D eigenvalue weighted by atomic mass is 9.95. The molecule has 0 aromatic heterocycles. The van der Waals surface area contributed by atoms with Crippen LogP contribution in [-0.2, 0) is 4.74 Å². The highest BCUT2D eigenvalue weighted by Crippen LogP contribution is 2.20. The Morgan fingerprint density at radius 1 is 1.00 bits per heavy atom. The third-order valence-corrected chi connectivity index (χ3v) is 4.00. The highest BCUT2D eigenvalue weighted by Gasteiger charge is 2.23. The molecule has 0 aromatic rings. The van der Waals surface area contributed by atoms with E-state index in [0.717, 1.165) is 38.3 Å². The molecule has 3 nitrogen and oxygen atoms in total. The van der Waals surface area contributed by atoms with Gasteiger partial charge in [0.2, 0.25) is 0 Å². The number of piperidine rings is 1.